The van der Waals surface area contributed by atoms with Crippen LogP contribution in [0.25, 0.3) is 0 Å². The summed E-state index contributed by atoms with van der Waals surface area (Å²) in [5.74, 6) is 2.06. The van der Waals surface area contributed by atoms with E-state index in [2.05, 4.69) is 6.07 Å². The van der Waals surface area contributed by atoms with Gasteiger partial charge in [0.2, 0.25) is 0 Å². The summed E-state index contributed by atoms with van der Waals surface area (Å²) >= 11 is 0. The smallest absolute Gasteiger partial charge is 0.100 e. The van der Waals surface area contributed by atoms with Crippen molar-refractivity contribution in [1.29, 1.82) is 5.26 Å². The lowest BCUT2D eigenvalue weighted by Gasteiger charge is -2.35. The van der Waals surface area contributed by atoms with Crippen LogP contribution in [0.4, 0.5) is 4.39 Å². The summed E-state index contributed by atoms with van der Waals surface area (Å²) in [4.78, 5) is 0. The fourth-order valence-electron chi connectivity index (χ4n) is 4.28. The molecule has 0 N–H and O–H groups in total. The molecule has 0 spiro atoms. The minimum Gasteiger partial charge on any atom is -0.377 e. The summed E-state index contributed by atoms with van der Waals surface area (Å²) in [6.07, 6.45) is 6.43. The van der Waals surface area contributed by atoms with Crippen molar-refractivity contribution in [2.75, 3.05) is 6.61 Å². The Morgan fingerprint density at radius 2 is 1.78 bits per heavy atom. The number of halogens is 1. The minimum absolute atomic E-state index is 0.246. The van der Waals surface area contributed by atoms with E-state index in [9.17, 15) is 4.39 Å². The first kappa shape index (κ1) is 12.4. The lowest BCUT2D eigenvalue weighted by molar-refractivity contribution is 0.0145. The maximum Gasteiger partial charge on any atom is 0.100 e. The Bertz CT molecular complexity index is 332. The van der Waals surface area contributed by atoms with Gasteiger partial charge in [0.1, 0.15) is 6.17 Å². The average Bonchev–Trinajstić information content (AvgIpc) is 2.82. The zero-order valence-corrected chi connectivity index (χ0v) is 10.9. The van der Waals surface area contributed by atoms with Crippen LogP contribution >= 0.6 is 0 Å². The molecule has 4 atom stereocenters. The largest absolute Gasteiger partial charge is 0.377 e. The van der Waals surface area contributed by atoms with Crippen molar-refractivity contribution in [3.05, 3.63) is 0 Å². The Balaban J connectivity index is 1.61. The van der Waals surface area contributed by atoms with Crippen molar-refractivity contribution < 1.29 is 9.13 Å². The topological polar surface area (TPSA) is 33.0 Å². The van der Waals surface area contributed by atoms with E-state index in [4.69, 9.17) is 10.00 Å². The molecule has 0 aromatic heterocycles. The zero-order valence-electron chi connectivity index (χ0n) is 10.9. The van der Waals surface area contributed by atoms with Gasteiger partial charge in [-0.3, -0.25) is 0 Å². The van der Waals surface area contributed by atoms with Crippen molar-refractivity contribution in [2.24, 2.45) is 23.7 Å². The van der Waals surface area contributed by atoms with Crippen LogP contribution in [-0.4, -0.2) is 18.9 Å². The average molecular weight is 251 g/mol. The molecule has 2 aliphatic carbocycles. The normalized spacial score (nSPS) is 48.4. The van der Waals surface area contributed by atoms with E-state index in [1.165, 1.54) is 0 Å². The maximum atomic E-state index is 13.2. The molecule has 1 aliphatic heterocycles. The Morgan fingerprint density at radius 3 is 2.50 bits per heavy atom. The number of rotatable bonds is 1. The van der Waals surface area contributed by atoms with Crippen molar-refractivity contribution >= 4 is 0 Å². The van der Waals surface area contributed by atoms with Crippen LogP contribution in [0.2, 0.25) is 0 Å². The van der Waals surface area contributed by atoms with Crippen LogP contribution in [0.15, 0.2) is 0 Å². The van der Waals surface area contributed by atoms with E-state index in [1.807, 2.05) is 0 Å². The molecule has 18 heavy (non-hydrogen) atoms. The predicted octanol–water partition coefficient (Wildman–Crippen LogP) is 3.47. The molecule has 3 rings (SSSR count). The van der Waals surface area contributed by atoms with Crippen molar-refractivity contribution in [3.63, 3.8) is 0 Å². The molecular formula is C15H22FNO. The number of fused-ring (bicyclic) bond motifs is 1. The van der Waals surface area contributed by atoms with Gasteiger partial charge in [0.05, 0.1) is 18.8 Å². The highest BCUT2D eigenvalue weighted by Crippen LogP contribution is 2.46. The van der Waals surface area contributed by atoms with E-state index < -0.39 is 6.17 Å². The van der Waals surface area contributed by atoms with E-state index in [-0.39, 0.29) is 5.92 Å². The number of nitriles is 1. The fraction of sp³-hybridized carbons (Fsp3) is 0.933. The quantitative estimate of drug-likeness (QED) is 0.715. The highest BCUT2D eigenvalue weighted by molar-refractivity contribution is 4.97. The molecule has 3 aliphatic rings. The minimum atomic E-state index is -0.576. The number of hydrogen-bond acceptors (Lipinski definition) is 2. The molecule has 0 radical (unpaired) electrons. The third-order valence-corrected chi connectivity index (χ3v) is 5.31. The second-order valence-electron chi connectivity index (χ2n) is 6.37. The van der Waals surface area contributed by atoms with Crippen LogP contribution in [-0.2, 0) is 4.74 Å². The monoisotopic (exact) mass is 251 g/mol. The van der Waals surface area contributed by atoms with Gasteiger partial charge in [-0.2, -0.15) is 5.26 Å². The van der Waals surface area contributed by atoms with Crippen molar-refractivity contribution in [1.82, 2.24) is 0 Å². The van der Waals surface area contributed by atoms with Crippen molar-refractivity contribution in [3.8, 4) is 6.07 Å². The number of nitrogens with zero attached hydrogens (tertiary/aromatic N) is 1. The van der Waals surface area contributed by atoms with Crippen LogP contribution in [0.5, 0.6) is 0 Å². The molecule has 4 unspecified atom stereocenters. The van der Waals surface area contributed by atoms with E-state index >= 15 is 0 Å². The molecule has 0 amide bonds. The molecule has 100 valence electrons. The van der Waals surface area contributed by atoms with Crippen LogP contribution < -0.4 is 0 Å². The summed E-state index contributed by atoms with van der Waals surface area (Å²) in [7, 11) is 0. The van der Waals surface area contributed by atoms with Crippen LogP contribution in [0.1, 0.15) is 44.9 Å². The molecule has 3 fully saturated rings. The van der Waals surface area contributed by atoms with Crippen LogP contribution in [0.3, 0.4) is 0 Å². The molecule has 1 heterocycles. The van der Waals surface area contributed by atoms with Gasteiger partial charge in [-0.1, -0.05) is 0 Å². The Hall–Kier alpha value is -0.620. The third-order valence-electron chi connectivity index (χ3n) is 5.31. The summed E-state index contributed by atoms with van der Waals surface area (Å²) in [5.41, 5.74) is 0. The van der Waals surface area contributed by atoms with Gasteiger partial charge >= 0.3 is 0 Å². The summed E-state index contributed by atoms with van der Waals surface area (Å²) in [5, 5.41) is 9.02. The lowest BCUT2D eigenvalue weighted by Crippen LogP contribution is -2.34. The molecule has 0 aromatic rings. The van der Waals surface area contributed by atoms with Gasteiger partial charge in [-0.15, -0.1) is 0 Å². The molecule has 0 aromatic carbocycles. The number of alkyl halides is 1. The number of ether oxygens (including phenoxy) is 1. The second-order valence-corrected chi connectivity index (χ2v) is 6.37. The Morgan fingerprint density at radius 1 is 1.00 bits per heavy atom. The molecule has 3 heteroatoms. The highest BCUT2D eigenvalue weighted by atomic mass is 19.1. The summed E-state index contributed by atoms with van der Waals surface area (Å²) in [6, 6.07) is 2.41. The van der Waals surface area contributed by atoms with Gasteiger partial charge in [0.25, 0.3) is 0 Å². The van der Waals surface area contributed by atoms with Gasteiger partial charge in [-0.25, -0.2) is 4.39 Å². The molecular weight excluding hydrogens is 229 g/mol. The Kier molecular flexibility index (Phi) is 3.56. The third kappa shape index (κ3) is 2.28. The van der Waals surface area contributed by atoms with Gasteiger partial charge in [0.15, 0.2) is 0 Å². The first-order chi connectivity index (χ1) is 8.78. The summed E-state index contributed by atoms with van der Waals surface area (Å²) < 4.78 is 19.2. The lowest BCUT2D eigenvalue weighted by atomic mass is 9.70. The number of hydrogen-bond donors (Lipinski definition) is 0. The molecule has 1 saturated heterocycles. The summed E-state index contributed by atoms with van der Waals surface area (Å²) in [6.45, 7) is 0.836. The molecule has 2 saturated carbocycles. The molecule has 2 nitrogen and oxygen atoms in total. The Labute approximate surface area is 109 Å². The van der Waals surface area contributed by atoms with Gasteiger partial charge in [-0.05, 0) is 62.7 Å². The van der Waals surface area contributed by atoms with Crippen molar-refractivity contribution in [2.45, 2.75) is 57.2 Å². The first-order valence-corrected chi connectivity index (χ1v) is 7.43. The zero-order chi connectivity index (χ0) is 12.5. The van der Waals surface area contributed by atoms with Crippen LogP contribution in [0, 0.1) is 35.0 Å². The van der Waals surface area contributed by atoms with E-state index in [0.717, 1.165) is 51.6 Å². The van der Waals surface area contributed by atoms with Gasteiger partial charge in [0, 0.05) is 5.92 Å². The first-order valence-electron chi connectivity index (χ1n) is 7.43. The second kappa shape index (κ2) is 5.17. The SMILES string of the molecule is N#CC1CCC2C(COC2C2CCC(F)CC2)C1. The fourth-order valence-corrected chi connectivity index (χ4v) is 4.28. The predicted molar refractivity (Wildman–Crippen MR) is 66.5 cm³/mol. The highest BCUT2D eigenvalue weighted by Gasteiger charge is 2.44. The van der Waals surface area contributed by atoms with E-state index in [1.54, 1.807) is 0 Å². The molecule has 0 bridgehead atoms. The van der Waals surface area contributed by atoms with E-state index in [0.29, 0.717) is 23.9 Å². The standard InChI is InChI=1S/C15H22FNO/c16-13-4-2-11(3-5-13)15-14-6-1-10(8-17)7-12(14)9-18-15/h10-15H,1-7,9H2. The van der Waals surface area contributed by atoms with Gasteiger partial charge < -0.3 is 4.74 Å². The maximum absolute atomic E-state index is 13.2.